The fourth-order valence-electron chi connectivity index (χ4n) is 4.21. The molecule has 0 aliphatic rings. The summed E-state index contributed by atoms with van der Waals surface area (Å²) in [5.74, 6) is 1.15. The molecule has 3 aromatic rings. The lowest BCUT2D eigenvalue weighted by atomic mass is 9.93. The van der Waals surface area contributed by atoms with Gasteiger partial charge in [0.1, 0.15) is 11.5 Å². The van der Waals surface area contributed by atoms with E-state index in [1.165, 1.54) is 18.2 Å². The first-order chi connectivity index (χ1) is 16.7. The van der Waals surface area contributed by atoms with Crippen LogP contribution in [0, 0.1) is 19.8 Å². The van der Waals surface area contributed by atoms with E-state index in [9.17, 15) is 9.59 Å². The van der Waals surface area contributed by atoms with Crippen LogP contribution in [-0.2, 0) is 16.0 Å². The number of rotatable bonds is 10. The van der Waals surface area contributed by atoms with Crippen molar-refractivity contribution in [2.45, 2.75) is 53.0 Å². The van der Waals surface area contributed by atoms with Crippen LogP contribution in [0.3, 0.4) is 0 Å². The summed E-state index contributed by atoms with van der Waals surface area (Å²) in [4.78, 5) is 25.4. The minimum Gasteiger partial charge on any atom is -0.469 e. The van der Waals surface area contributed by atoms with Gasteiger partial charge in [0.2, 0.25) is 0 Å². The number of carbonyl (C=O) groups is 2. The van der Waals surface area contributed by atoms with E-state index < -0.39 is 0 Å². The van der Waals surface area contributed by atoms with E-state index in [4.69, 9.17) is 9.47 Å². The Hall–Kier alpha value is -3.60. The van der Waals surface area contributed by atoms with Gasteiger partial charge in [0.15, 0.2) is 0 Å². The zero-order valence-corrected chi connectivity index (χ0v) is 21.3. The SMILES string of the molecule is COC(=O)CCc1ccc(Oc2ccccc2)cc1C(=O)N[C@H](CC(C)C)c1cc(C)cc(C)c1. The predicted molar refractivity (Wildman–Crippen MR) is 139 cm³/mol. The lowest BCUT2D eigenvalue weighted by molar-refractivity contribution is -0.140. The van der Waals surface area contributed by atoms with Crippen molar-refractivity contribution in [2.75, 3.05) is 7.11 Å². The third-order valence-corrected chi connectivity index (χ3v) is 5.79. The number of nitrogens with one attached hydrogen (secondary N) is 1. The molecule has 0 saturated heterocycles. The monoisotopic (exact) mass is 473 g/mol. The highest BCUT2D eigenvalue weighted by atomic mass is 16.5. The van der Waals surface area contributed by atoms with E-state index in [-0.39, 0.29) is 24.3 Å². The van der Waals surface area contributed by atoms with Crippen molar-refractivity contribution >= 4 is 11.9 Å². The maximum Gasteiger partial charge on any atom is 0.305 e. The third-order valence-electron chi connectivity index (χ3n) is 5.79. The second kappa shape index (κ2) is 12.2. The Morgan fingerprint density at radius 1 is 0.886 bits per heavy atom. The molecule has 0 saturated carbocycles. The maximum absolute atomic E-state index is 13.6. The number of amides is 1. The Morgan fingerprint density at radius 3 is 2.20 bits per heavy atom. The number of hydrogen-bond donors (Lipinski definition) is 1. The van der Waals surface area contributed by atoms with Gasteiger partial charge in [0.05, 0.1) is 13.2 Å². The van der Waals surface area contributed by atoms with Crippen LogP contribution in [0.2, 0.25) is 0 Å². The van der Waals surface area contributed by atoms with Crippen LogP contribution in [0.15, 0.2) is 66.7 Å². The largest absolute Gasteiger partial charge is 0.469 e. The van der Waals surface area contributed by atoms with Crippen molar-refractivity contribution < 1.29 is 19.1 Å². The smallest absolute Gasteiger partial charge is 0.305 e. The van der Waals surface area contributed by atoms with E-state index in [1.807, 2.05) is 42.5 Å². The molecule has 3 rings (SSSR count). The van der Waals surface area contributed by atoms with Gasteiger partial charge < -0.3 is 14.8 Å². The van der Waals surface area contributed by atoms with Crippen molar-refractivity contribution in [3.05, 3.63) is 94.5 Å². The first kappa shape index (κ1) is 26.0. The van der Waals surface area contributed by atoms with Crippen LogP contribution in [-0.4, -0.2) is 19.0 Å². The Morgan fingerprint density at radius 2 is 1.57 bits per heavy atom. The summed E-state index contributed by atoms with van der Waals surface area (Å²) in [5, 5.41) is 3.26. The first-order valence-electron chi connectivity index (χ1n) is 12.1. The molecule has 0 aliphatic heterocycles. The molecular weight excluding hydrogens is 438 g/mol. The van der Waals surface area contributed by atoms with Crippen LogP contribution in [0.4, 0.5) is 0 Å². The van der Waals surface area contributed by atoms with E-state index in [0.717, 1.165) is 17.5 Å². The minimum absolute atomic E-state index is 0.131. The average molecular weight is 474 g/mol. The number of methoxy groups -OCH3 is 1. The summed E-state index contributed by atoms with van der Waals surface area (Å²) in [6.07, 6.45) is 1.41. The Balaban J connectivity index is 1.93. The first-order valence-corrected chi connectivity index (χ1v) is 12.1. The van der Waals surface area contributed by atoms with Gasteiger partial charge in [-0.1, -0.05) is 67.4 Å². The lowest BCUT2D eigenvalue weighted by Crippen LogP contribution is -2.30. The number of ether oxygens (including phenoxy) is 2. The van der Waals surface area contributed by atoms with Crippen molar-refractivity contribution in [1.29, 1.82) is 0 Å². The maximum atomic E-state index is 13.6. The molecule has 35 heavy (non-hydrogen) atoms. The van der Waals surface area contributed by atoms with Crippen LogP contribution < -0.4 is 10.1 Å². The molecule has 0 spiro atoms. The molecular formula is C30H35NO4. The molecule has 1 amide bonds. The normalized spacial score (nSPS) is 11.7. The molecule has 0 fully saturated rings. The fraction of sp³-hybridized carbons (Fsp3) is 0.333. The van der Waals surface area contributed by atoms with Crippen LogP contribution in [0.5, 0.6) is 11.5 Å². The molecule has 1 N–H and O–H groups in total. The molecule has 0 bridgehead atoms. The fourth-order valence-corrected chi connectivity index (χ4v) is 4.21. The van der Waals surface area contributed by atoms with Crippen LogP contribution >= 0.6 is 0 Å². The number of carbonyl (C=O) groups excluding carboxylic acids is 2. The van der Waals surface area contributed by atoms with Crippen molar-refractivity contribution in [3.8, 4) is 11.5 Å². The zero-order chi connectivity index (χ0) is 25.4. The standard InChI is InChI=1S/C30H35NO4/c1-20(2)15-28(24-17-21(3)16-22(4)18-24)31-30(33)27-19-26(35-25-9-7-6-8-10-25)13-11-23(27)12-14-29(32)34-5/h6-11,13,16-20,28H,12,14-15H2,1-5H3,(H,31,33)/t28-/m1/s1. The van der Waals surface area contributed by atoms with Gasteiger partial charge >= 0.3 is 5.97 Å². The van der Waals surface area contributed by atoms with Gasteiger partial charge in [-0.2, -0.15) is 0 Å². The molecule has 3 aromatic carbocycles. The molecule has 0 heterocycles. The van der Waals surface area contributed by atoms with E-state index >= 15 is 0 Å². The molecule has 1 atom stereocenters. The number of benzene rings is 3. The molecule has 0 aromatic heterocycles. The van der Waals surface area contributed by atoms with E-state index in [1.54, 1.807) is 6.07 Å². The van der Waals surface area contributed by atoms with Gasteiger partial charge in [-0.15, -0.1) is 0 Å². The van der Waals surface area contributed by atoms with Crippen molar-refractivity contribution in [2.24, 2.45) is 5.92 Å². The van der Waals surface area contributed by atoms with Crippen molar-refractivity contribution in [1.82, 2.24) is 5.32 Å². The molecule has 5 nitrogen and oxygen atoms in total. The number of para-hydroxylation sites is 1. The van der Waals surface area contributed by atoms with Gasteiger partial charge in [-0.3, -0.25) is 9.59 Å². The molecule has 184 valence electrons. The topological polar surface area (TPSA) is 64.6 Å². The Bertz CT molecular complexity index is 1130. The molecule has 0 radical (unpaired) electrons. The average Bonchev–Trinajstić information content (AvgIpc) is 2.82. The number of esters is 1. The van der Waals surface area contributed by atoms with Crippen LogP contribution in [0.1, 0.15) is 65.3 Å². The zero-order valence-electron chi connectivity index (χ0n) is 21.3. The van der Waals surface area contributed by atoms with Gasteiger partial charge in [0, 0.05) is 12.0 Å². The summed E-state index contributed by atoms with van der Waals surface area (Å²) >= 11 is 0. The summed E-state index contributed by atoms with van der Waals surface area (Å²) in [6.45, 7) is 8.44. The second-order valence-electron chi connectivity index (χ2n) is 9.39. The highest BCUT2D eigenvalue weighted by Crippen LogP contribution is 2.28. The predicted octanol–water partition coefficient (Wildman–Crippen LogP) is 6.72. The van der Waals surface area contributed by atoms with Gasteiger partial charge in [0.25, 0.3) is 5.91 Å². The molecule has 0 aliphatic carbocycles. The Labute approximate surface area is 208 Å². The lowest BCUT2D eigenvalue weighted by Gasteiger charge is -2.23. The molecule has 0 unspecified atom stereocenters. The van der Waals surface area contributed by atoms with E-state index in [2.05, 4.69) is 51.2 Å². The van der Waals surface area contributed by atoms with Crippen LogP contribution in [0.25, 0.3) is 0 Å². The summed E-state index contributed by atoms with van der Waals surface area (Å²) in [5.41, 5.74) is 4.70. The van der Waals surface area contributed by atoms with Crippen molar-refractivity contribution in [3.63, 3.8) is 0 Å². The number of aryl methyl sites for hydroxylation is 3. The summed E-state index contributed by atoms with van der Waals surface area (Å²) in [7, 11) is 1.37. The summed E-state index contributed by atoms with van der Waals surface area (Å²) < 4.78 is 10.8. The van der Waals surface area contributed by atoms with E-state index in [0.29, 0.717) is 29.4 Å². The summed E-state index contributed by atoms with van der Waals surface area (Å²) in [6, 6.07) is 21.1. The molecule has 5 heteroatoms. The highest BCUT2D eigenvalue weighted by Gasteiger charge is 2.21. The van der Waals surface area contributed by atoms with Gasteiger partial charge in [-0.25, -0.2) is 0 Å². The highest BCUT2D eigenvalue weighted by molar-refractivity contribution is 5.96. The Kier molecular flexibility index (Phi) is 9.07. The minimum atomic E-state index is -0.311. The number of hydrogen-bond acceptors (Lipinski definition) is 4. The van der Waals surface area contributed by atoms with Gasteiger partial charge in [-0.05, 0) is 68.0 Å². The third kappa shape index (κ3) is 7.71. The quantitative estimate of drug-likeness (QED) is 0.332. The second-order valence-corrected chi connectivity index (χ2v) is 9.39.